The first-order chi connectivity index (χ1) is 19.9. The Hall–Kier alpha value is -4.69. The molecule has 7 rings (SSSR count). The van der Waals surface area contributed by atoms with Crippen LogP contribution in [0.4, 0.5) is 26.3 Å². The van der Waals surface area contributed by atoms with Crippen molar-refractivity contribution in [3.63, 3.8) is 0 Å². The molecule has 8 heteroatoms. The van der Waals surface area contributed by atoms with Crippen molar-refractivity contribution in [3.8, 4) is 44.5 Å². The van der Waals surface area contributed by atoms with Crippen LogP contribution in [0.2, 0.25) is 0 Å². The topological polar surface area (TPSA) is 37.3 Å². The standard InChI is InChI=1S/C34H18F6O2/c35-33(36,37)21-7-1-17(2-8-21)19-5-11-23-25-15-26-24-12-6-20(18-3-9-22(10-4-18)34(38,39)40)14-28(24)32(42)30(26)16-29(25)31(41)27(23)13-19/h1-16,31,41H. The highest BCUT2D eigenvalue weighted by Gasteiger charge is 2.35. The van der Waals surface area contributed by atoms with Crippen molar-refractivity contribution in [2.75, 3.05) is 0 Å². The Kier molecular flexibility index (Phi) is 5.56. The zero-order chi connectivity index (χ0) is 29.6. The van der Waals surface area contributed by atoms with Crippen LogP contribution in [0.3, 0.4) is 0 Å². The normalized spacial score (nSPS) is 15.3. The Labute approximate surface area is 235 Å². The quantitative estimate of drug-likeness (QED) is 0.210. The van der Waals surface area contributed by atoms with E-state index in [0.29, 0.717) is 55.6 Å². The highest BCUT2D eigenvalue weighted by Crippen LogP contribution is 2.50. The highest BCUT2D eigenvalue weighted by molar-refractivity contribution is 6.22. The summed E-state index contributed by atoms with van der Waals surface area (Å²) in [7, 11) is 0. The Morgan fingerprint density at radius 2 is 0.905 bits per heavy atom. The van der Waals surface area contributed by atoms with Crippen LogP contribution in [0.5, 0.6) is 0 Å². The molecule has 1 atom stereocenters. The van der Waals surface area contributed by atoms with Crippen LogP contribution in [-0.4, -0.2) is 10.9 Å². The van der Waals surface area contributed by atoms with Crippen molar-refractivity contribution in [2.45, 2.75) is 18.5 Å². The second kappa shape index (κ2) is 8.90. The maximum Gasteiger partial charge on any atom is 0.416 e. The van der Waals surface area contributed by atoms with Crippen molar-refractivity contribution in [2.24, 2.45) is 0 Å². The van der Waals surface area contributed by atoms with Gasteiger partial charge in [-0.25, -0.2) is 0 Å². The number of hydrogen-bond donors (Lipinski definition) is 1. The van der Waals surface area contributed by atoms with Crippen molar-refractivity contribution in [1.82, 2.24) is 0 Å². The highest BCUT2D eigenvalue weighted by atomic mass is 19.4. The molecule has 2 nitrogen and oxygen atoms in total. The number of fused-ring (bicyclic) bond motifs is 6. The third kappa shape index (κ3) is 4.05. The fraction of sp³-hybridized carbons (Fsp3) is 0.0882. The lowest BCUT2D eigenvalue weighted by Gasteiger charge is -2.10. The van der Waals surface area contributed by atoms with Crippen molar-refractivity contribution in [3.05, 3.63) is 130 Å². The summed E-state index contributed by atoms with van der Waals surface area (Å²) in [6, 6.07) is 23.7. The number of alkyl halides is 6. The predicted octanol–water partition coefficient (Wildman–Crippen LogP) is 9.33. The Morgan fingerprint density at radius 1 is 0.452 bits per heavy atom. The van der Waals surface area contributed by atoms with E-state index in [1.165, 1.54) is 24.3 Å². The van der Waals surface area contributed by atoms with E-state index in [9.17, 15) is 36.2 Å². The van der Waals surface area contributed by atoms with Gasteiger partial charge >= 0.3 is 12.4 Å². The third-order valence-corrected chi connectivity index (χ3v) is 8.01. The molecule has 5 aromatic carbocycles. The van der Waals surface area contributed by atoms with E-state index >= 15 is 0 Å². The minimum Gasteiger partial charge on any atom is -0.384 e. The van der Waals surface area contributed by atoms with Crippen LogP contribution >= 0.6 is 0 Å². The van der Waals surface area contributed by atoms with Crippen molar-refractivity contribution in [1.29, 1.82) is 0 Å². The SMILES string of the molecule is O=C1c2cc(-c3ccc(C(F)(F)F)cc3)ccc2-c2cc3c(cc21)C(O)c1cc(-c2ccc(C(F)(F)F)cc2)ccc1-3. The summed E-state index contributed by atoms with van der Waals surface area (Å²) in [5, 5.41) is 11.2. The van der Waals surface area contributed by atoms with E-state index in [4.69, 9.17) is 0 Å². The summed E-state index contributed by atoms with van der Waals surface area (Å²) in [4.78, 5) is 13.5. The van der Waals surface area contributed by atoms with E-state index in [0.717, 1.165) is 35.4 Å². The van der Waals surface area contributed by atoms with Crippen molar-refractivity contribution < 1.29 is 36.2 Å². The predicted molar refractivity (Wildman–Crippen MR) is 146 cm³/mol. The minimum absolute atomic E-state index is 0.245. The number of benzene rings is 5. The lowest BCUT2D eigenvalue weighted by molar-refractivity contribution is -0.138. The Morgan fingerprint density at radius 3 is 1.45 bits per heavy atom. The van der Waals surface area contributed by atoms with Gasteiger partial charge in [-0.05, 0) is 104 Å². The first-order valence-corrected chi connectivity index (χ1v) is 12.9. The molecular weight excluding hydrogens is 554 g/mol. The van der Waals surface area contributed by atoms with Gasteiger partial charge in [-0.3, -0.25) is 4.79 Å². The summed E-state index contributed by atoms with van der Waals surface area (Å²) in [5.74, 6) is -0.245. The van der Waals surface area contributed by atoms with Crippen LogP contribution in [-0.2, 0) is 12.4 Å². The maximum atomic E-state index is 13.5. The summed E-state index contributed by atoms with van der Waals surface area (Å²) in [5.41, 5.74) is 5.78. The summed E-state index contributed by atoms with van der Waals surface area (Å²) in [6.07, 6.45) is -9.91. The molecule has 2 aliphatic carbocycles. The molecule has 0 spiro atoms. The van der Waals surface area contributed by atoms with Gasteiger partial charge in [0, 0.05) is 11.1 Å². The Bertz CT molecular complexity index is 1920. The number of aliphatic hydroxyl groups is 1. The summed E-state index contributed by atoms with van der Waals surface area (Å²) >= 11 is 0. The molecule has 0 amide bonds. The van der Waals surface area contributed by atoms with E-state index in [1.807, 2.05) is 12.1 Å². The molecule has 0 fully saturated rings. The molecule has 0 radical (unpaired) electrons. The second-order valence-electron chi connectivity index (χ2n) is 10.4. The zero-order valence-electron chi connectivity index (χ0n) is 21.4. The number of hydrogen-bond acceptors (Lipinski definition) is 2. The van der Waals surface area contributed by atoms with E-state index in [1.54, 1.807) is 36.4 Å². The molecule has 1 unspecified atom stereocenters. The average Bonchev–Trinajstić information content (AvgIpc) is 3.40. The van der Waals surface area contributed by atoms with E-state index in [-0.39, 0.29) is 5.78 Å². The lowest BCUT2D eigenvalue weighted by Crippen LogP contribution is -2.04. The van der Waals surface area contributed by atoms with Gasteiger partial charge in [-0.15, -0.1) is 0 Å². The number of aliphatic hydroxyl groups excluding tert-OH is 1. The minimum atomic E-state index is -4.44. The molecule has 5 aromatic rings. The molecule has 0 saturated heterocycles. The number of carbonyl (C=O) groups excluding carboxylic acids is 1. The number of rotatable bonds is 2. The number of halogens is 6. The van der Waals surface area contributed by atoms with Gasteiger partial charge in [0.15, 0.2) is 5.78 Å². The molecule has 1 N–H and O–H groups in total. The van der Waals surface area contributed by atoms with Gasteiger partial charge < -0.3 is 5.11 Å². The third-order valence-electron chi connectivity index (χ3n) is 8.01. The first-order valence-electron chi connectivity index (χ1n) is 12.9. The van der Waals surface area contributed by atoms with Crippen LogP contribution < -0.4 is 0 Å². The van der Waals surface area contributed by atoms with Gasteiger partial charge in [-0.2, -0.15) is 26.3 Å². The summed E-state index contributed by atoms with van der Waals surface area (Å²) in [6.45, 7) is 0. The fourth-order valence-corrected chi connectivity index (χ4v) is 5.86. The van der Waals surface area contributed by atoms with Gasteiger partial charge in [0.1, 0.15) is 6.10 Å². The van der Waals surface area contributed by atoms with E-state index in [2.05, 4.69) is 0 Å². The fourth-order valence-electron chi connectivity index (χ4n) is 5.86. The molecule has 0 bridgehead atoms. The summed E-state index contributed by atoms with van der Waals surface area (Å²) < 4.78 is 77.9. The Balaban J connectivity index is 1.24. The molecule has 0 saturated carbocycles. The molecule has 208 valence electrons. The van der Waals surface area contributed by atoms with Crippen LogP contribution in [0, 0.1) is 0 Å². The van der Waals surface area contributed by atoms with Crippen LogP contribution in [0.25, 0.3) is 44.5 Å². The average molecular weight is 573 g/mol. The largest absolute Gasteiger partial charge is 0.416 e. The first kappa shape index (κ1) is 26.2. The zero-order valence-corrected chi connectivity index (χ0v) is 21.4. The molecule has 0 heterocycles. The number of carbonyl (C=O) groups is 1. The molecule has 0 aliphatic heterocycles. The molecule has 0 aromatic heterocycles. The molecular formula is C34H18F6O2. The molecule has 42 heavy (non-hydrogen) atoms. The van der Waals surface area contributed by atoms with Gasteiger partial charge in [0.25, 0.3) is 0 Å². The number of ketones is 1. The van der Waals surface area contributed by atoms with Crippen molar-refractivity contribution >= 4 is 5.78 Å². The van der Waals surface area contributed by atoms with Gasteiger partial charge in [0.05, 0.1) is 11.1 Å². The van der Waals surface area contributed by atoms with E-state index < -0.39 is 29.6 Å². The maximum absolute atomic E-state index is 13.5. The van der Waals surface area contributed by atoms with Crippen LogP contribution in [0.1, 0.15) is 44.3 Å². The van der Waals surface area contributed by atoms with Gasteiger partial charge in [-0.1, -0.05) is 48.5 Å². The smallest absolute Gasteiger partial charge is 0.384 e. The lowest BCUT2D eigenvalue weighted by atomic mass is 9.95. The molecule has 2 aliphatic rings. The monoisotopic (exact) mass is 572 g/mol. The van der Waals surface area contributed by atoms with Crippen LogP contribution in [0.15, 0.2) is 97.1 Å². The second-order valence-corrected chi connectivity index (χ2v) is 10.4. The van der Waals surface area contributed by atoms with Gasteiger partial charge in [0.2, 0.25) is 0 Å².